The van der Waals surface area contributed by atoms with Gasteiger partial charge in [0.1, 0.15) is 0 Å². The van der Waals surface area contributed by atoms with Crippen LogP contribution in [0.1, 0.15) is 16.0 Å². The van der Waals surface area contributed by atoms with Crippen LogP contribution in [0.4, 0.5) is 0 Å². The first-order chi connectivity index (χ1) is 8.15. The van der Waals surface area contributed by atoms with Gasteiger partial charge in [0, 0.05) is 16.8 Å². The maximum Gasteiger partial charge on any atom is 0.0701 e. The molecule has 0 saturated carbocycles. The minimum absolute atomic E-state index is 0.0893. The van der Waals surface area contributed by atoms with Crippen molar-refractivity contribution in [3.63, 3.8) is 0 Å². The minimum atomic E-state index is -0.0893. The van der Waals surface area contributed by atoms with E-state index in [0.717, 1.165) is 19.3 Å². The lowest BCUT2D eigenvalue weighted by molar-refractivity contribution is 0.449. The van der Waals surface area contributed by atoms with Gasteiger partial charge in [-0.2, -0.15) is 0 Å². The molecule has 0 atom stereocenters. The first kappa shape index (κ1) is 11.5. The molecule has 2 aromatic rings. The van der Waals surface area contributed by atoms with Crippen molar-refractivity contribution in [1.29, 1.82) is 0 Å². The largest absolute Gasteiger partial charge is 0.324 e. The first-order valence-corrected chi connectivity index (χ1v) is 7.35. The van der Waals surface area contributed by atoms with Gasteiger partial charge in [0.15, 0.2) is 0 Å². The van der Waals surface area contributed by atoms with Crippen LogP contribution in [0, 0.1) is 0 Å². The molecule has 3 rings (SSSR count). The van der Waals surface area contributed by atoms with Gasteiger partial charge < -0.3 is 5.73 Å². The molecule has 1 aromatic carbocycles. The number of fused-ring (bicyclic) bond motifs is 1. The van der Waals surface area contributed by atoms with Crippen molar-refractivity contribution in [3.8, 4) is 0 Å². The molecule has 1 aliphatic rings. The van der Waals surface area contributed by atoms with E-state index < -0.39 is 0 Å². The molecular formula is C14H14BrNS. The zero-order valence-electron chi connectivity index (χ0n) is 9.45. The van der Waals surface area contributed by atoms with Crippen LogP contribution in [0.5, 0.6) is 0 Å². The van der Waals surface area contributed by atoms with Gasteiger partial charge >= 0.3 is 0 Å². The van der Waals surface area contributed by atoms with Crippen LogP contribution in [0.2, 0.25) is 0 Å². The number of hydrogen-bond donors (Lipinski definition) is 1. The van der Waals surface area contributed by atoms with Gasteiger partial charge in [-0.25, -0.2) is 0 Å². The van der Waals surface area contributed by atoms with E-state index in [1.807, 2.05) is 0 Å². The molecule has 1 nitrogen and oxygen atoms in total. The van der Waals surface area contributed by atoms with Gasteiger partial charge in [-0.1, -0.05) is 24.3 Å². The van der Waals surface area contributed by atoms with Crippen molar-refractivity contribution in [2.45, 2.75) is 24.8 Å². The zero-order valence-corrected chi connectivity index (χ0v) is 11.9. The van der Waals surface area contributed by atoms with E-state index in [2.05, 4.69) is 52.3 Å². The highest BCUT2D eigenvalue weighted by Gasteiger charge is 2.33. The Bertz CT molecular complexity index is 522. The molecule has 17 heavy (non-hydrogen) atoms. The fraction of sp³-hybridized carbons (Fsp3) is 0.286. The standard InChI is InChI=1S/C14H14BrNS/c15-13-6-5-12(17-13)9-14(16)7-10-3-1-2-4-11(10)8-14/h1-6H,7-9,16H2. The summed E-state index contributed by atoms with van der Waals surface area (Å²) in [6.45, 7) is 0. The number of nitrogens with two attached hydrogens (primary N) is 1. The van der Waals surface area contributed by atoms with Crippen LogP contribution < -0.4 is 5.73 Å². The van der Waals surface area contributed by atoms with Crippen molar-refractivity contribution in [3.05, 3.63) is 56.2 Å². The highest BCUT2D eigenvalue weighted by molar-refractivity contribution is 9.11. The molecule has 0 amide bonds. The number of benzene rings is 1. The number of thiophene rings is 1. The molecule has 1 aromatic heterocycles. The Kier molecular flexibility index (Phi) is 2.85. The van der Waals surface area contributed by atoms with Crippen molar-refractivity contribution in [2.75, 3.05) is 0 Å². The Hall–Kier alpha value is -0.640. The molecule has 2 N–H and O–H groups in total. The lowest BCUT2D eigenvalue weighted by atomic mass is 9.92. The third kappa shape index (κ3) is 2.32. The lowest BCUT2D eigenvalue weighted by Crippen LogP contribution is -2.42. The predicted molar refractivity (Wildman–Crippen MR) is 76.5 cm³/mol. The zero-order chi connectivity index (χ0) is 11.9. The van der Waals surface area contributed by atoms with Gasteiger partial charge in [0.25, 0.3) is 0 Å². The summed E-state index contributed by atoms with van der Waals surface area (Å²) in [7, 11) is 0. The fourth-order valence-electron chi connectivity index (χ4n) is 2.64. The van der Waals surface area contributed by atoms with Crippen LogP contribution in [-0.4, -0.2) is 5.54 Å². The fourth-order valence-corrected chi connectivity index (χ4v) is 4.28. The molecule has 3 heteroatoms. The summed E-state index contributed by atoms with van der Waals surface area (Å²) in [5.74, 6) is 0. The van der Waals surface area contributed by atoms with Gasteiger partial charge in [-0.05, 0) is 52.0 Å². The maximum atomic E-state index is 6.54. The van der Waals surface area contributed by atoms with Crippen LogP contribution >= 0.6 is 27.3 Å². The molecule has 0 aliphatic heterocycles. The second-order valence-electron chi connectivity index (χ2n) is 4.87. The third-order valence-electron chi connectivity index (χ3n) is 3.36. The van der Waals surface area contributed by atoms with Gasteiger partial charge in [-0.15, -0.1) is 11.3 Å². The normalized spacial score (nSPS) is 17.1. The van der Waals surface area contributed by atoms with Crippen molar-refractivity contribution in [1.82, 2.24) is 0 Å². The second kappa shape index (κ2) is 4.23. The molecule has 0 unspecified atom stereocenters. The summed E-state index contributed by atoms with van der Waals surface area (Å²) in [6, 6.07) is 12.9. The smallest absolute Gasteiger partial charge is 0.0701 e. The highest BCUT2D eigenvalue weighted by atomic mass is 79.9. The van der Waals surface area contributed by atoms with E-state index >= 15 is 0 Å². The summed E-state index contributed by atoms with van der Waals surface area (Å²) in [5.41, 5.74) is 9.30. The van der Waals surface area contributed by atoms with E-state index in [-0.39, 0.29) is 5.54 Å². The van der Waals surface area contributed by atoms with Crippen LogP contribution in [-0.2, 0) is 19.3 Å². The first-order valence-electron chi connectivity index (χ1n) is 5.75. The maximum absolute atomic E-state index is 6.54. The summed E-state index contributed by atoms with van der Waals surface area (Å²) in [6.07, 6.45) is 2.97. The van der Waals surface area contributed by atoms with Crippen LogP contribution in [0.25, 0.3) is 0 Å². The molecule has 0 bridgehead atoms. The van der Waals surface area contributed by atoms with Gasteiger partial charge in [0.2, 0.25) is 0 Å². The Morgan fingerprint density at radius 1 is 1.12 bits per heavy atom. The number of halogens is 1. The molecule has 0 spiro atoms. The number of hydrogen-bond acceptors (Lipinski definition) is 2. The topological polar surface area (TPSA) is 26.0 Å². The average molecular weight is 308 g/mol. The summed E-state index contributed by atoms with van der Waals surface area (Å²) in [4.78, 5) is 1.37. The van der Waals surface area contributed by atoms with E-state index in [4.69, 9.17) is 5.73 Å². The summed E-state index contributed by atoms with van der Waals surface area (Å²) >= 11 is 5.29. The van der Waals surface area contributed by atoms with Gasteiger partial charge in [-0.3, -0.25) is 0 Å². The SMILES string of the molecule is NC1(Cc2ccc(Br)s2)Cc2ccccc2C1. The Morgan fingerprint density at radius 3 is 2.29 bits per heavy atom. The Balaban J connectivity index is 1.82. The molecule has 1 aliphatic carbocycles. The van der Waals surface area contributed by atoms with E-state index in [9.17, 15) is 0 Å². The van der Waals surface area contributed by atoms with Crippen LogP contribution in [0.3, 0.4) is 0 Å². The second-order valence-corrected chi connectivity index (χ2v) is 7.41. The lowest BCUT2D eigenvalue weighted by Gasteiger charge is -2.22. The van der Waals surface area contributed by atoms with Gasteiger partial charge in [0.05, 0.1) is 3.79 Å². The van der Waals surface area contributed by atoms with Crippen molar-refractivity contribution < 1.29 is 0 Å². The number of rotatable bonds is 2. The summed E-state index contributed by atoms with van der Waals surface area (Å²) in [5, 5.41) is 0. The summed E-state index contributed by atoms with van der Waals surface area (Å²) < 4.78 is 1.19. The highest BCUT2D eigenvalue weighted by Crippen LogP contribution is 2.33. The van der Waals surface area contributed by atoms with Crippen molar-refractivity contribution in [2.24, 2.45) is 5.73 Å². The Labute approximate surface area is 114 Å². The average Bonchev–Trinajstić information content (AvgIpc) is 2.81. The Morgan fingerprint density at radius 2 is 1.76 bits per heavy atom. The third-order valence-corrected chi connectivity index (χ3v) is 4.98. The predicted octanol–water partition coefficient (Wildman–Crippen LogP) is 3.55. The molecule has 0 fully saturated rings. The van der Waals surface area contributed by atoms with Crippen molar-refractivity contribution >= 4 is 27.3 Å². The van der Waals surface area contributed by atoms with E-state index in [1.54, 1.807) is 11.3 Å². The molecular weight excluding hydrogens is 294 g/mol. The molecule has 1 heterocycles. The molecule has 88 valence electrons. The monoisotopic (exact) mass is 307 g/mol. The van der Waals surface area contributed by atoms with E-state index in [0.29, 0.717) is 0 Å². The van der Waals surface area contributed by atoms with Crippen LogP contribution in [0.15, 0.2) is 40.2 Å². The quantitative estimate of drug-likeness (QED) is 0.902. The molecule has 0 radical (unpaired) electrons. The van der Waals surface area contributed by atoms with E-state index in [1.165, 1.54) is 19.8 Å². The minimum Gasteiger partial charge on any atom is -0.324 e. The molecule has 0 saturated heterocycles.